The van der Waals surface area contributed by atoms with Crippen LogP contribution in [0.3, 0.4) is 0 Å². The zero-order valence-electron chi connectivity index (χ0n) is 16.0. The van der Waals surface area contributed by atoms with Gasteiger partial charge in [0, 0.05) is 23.2 Å². The number of aryl methyl sites for hydroxylation is 2. The van der Waals surface area contributed by atoms with E-state index in [2.05, 4.69) is 92.6 Å². The zero-order valence-corrected chi connectivity index (χ0v) is 16.0. The molecule has 132 valence electrons. The third-order valence-corrected chi connectivity index (χ3v) is 4.61. The highest BCUT2D eigenvalue weighted by Crippen LogP contribution is 2.26. The van der Waals surface area contributed by atoms with Crippen molar-refractivity contribution in [2.24, 2.45) is 4.99 Å². The number of nitrogens with one attached hydrogen (secondary N) is 1. The Morgan fingerprint density at radius 3 is 2.12 bits per heavy atom. The average Bonchev–Trinajstić information content (AvgIpc) is 2.64. The van der Waals surface area contributed by atoms with E-state index in [0.717, 1.165) is 22.6 Å². The molecule has 0 aliphatic carbocycles. The van der Waals surface area contributed by atoms with Gasteiger partial charge in [0.15, 0.2) is 0 Å². The monoisotopic (exact) mass is 342 g/mol. The molecule has 3 aromatic carbocycles. The average molecular weight is 342 g/mol. The van der Waals surface area contributed by atoms with Crippen LogP contribution in [0.1, 0.15) is 42.0 Å². The predicted octanol–water partition coefficient (Wildman–Crippen LogP) is 6.92. The fourth-order valence-electron chi connectivity index (χ4n) is 2.96. The Labute approximate surface area is 156 Å². The van der Waals surface area contributed by atoms with Gasteiger partial charge < -0.3 is 5.32 Å². The molecule has 0 aliphatic heterocycles. The molecule has 0 bridgehead atoms. The lowest BCUT2D eigenvalue weighted by molar-refractivity contribution is 0.867. The number of anilines is 2. The van der Waals surface area contributed by atoms with Gasteiger partial charge in [0.2, 0.25) is 0 Å². The third kappa shape index (κ3) is 4.20. The van der Waals surface area contributed by atoms with Crippen molar-refractivity contribution in [2.75, 3.05) is 5.32 Å². The fourth-order valence-corrected chi connectivity index (χ4v) is 2.96. The molecule has 0 saturated heterocycles. The van der Waals surface area contributed by atoms with Gasteiger partial charge in [0.25, 0.3) is 0 Å². The Kier molecular flexibility index (Phi) is 5.52. The van der Waals surface area contributed by atoms with Gasteiger partial charge in [-0.3, -0.25) is 4.99 Å². The van der Waals surface area contributed by atoms with Gasteiger partial charge in [-0.05, 0) is 54.7 Å². The molecule has 3 aromatic rings. The van der Waals surface area contributed by atoms with E-state index in [-0.39, 0.29) is 0 Å². The van der Waals surface area contributed by atoms with Crippen molar-refractivity contribution in [3.63, 3.8) is 0 Å². The van der Waals surface area contributed by atoms with E-state index in [0.29, 0.717) is 5.92 Å². The maximum atomic E-state index is 4.66. The topological polar surface area (TPSA) is 24.4 Å². The Balaban J connectivity index is 1.85. The lowest BCUT2D eigenvalue weighted by Crippen LogP contribution is -1.99. The molecule has 2 heteroatoms. The second kappa shape index (κ2) is 8.01. The first-order valence-electron chi connectivity index (χ1n) is 9.11. The molecule has 26 heavy (non-hydrogen) atoms. The van der Waals surface area contributed by atoms with Crippen LogP contribution in [0.25, 0.3) is 0 Å². The predicted molar refractivity (Wildman–Crippen MR) is 113 cm³/mol. The van der Waals surface area contributed by atoms with E-state index in [1.165, 1.54) is 16.7 Å². The van der Waals surface area contributed by atoms with Crippen LogP contribution in [0.4, 0.5) is 17.1 Å². The first kappa shape index (κ1) is 17.9. The normalized spacial score (nSPS) is 11.3. The molecule has 0 saturated carbocycles. The molecule has 0 aliphatic rings. The summed E-state index contributed by atoms with van der Waals surface area (Å²) in [5, 5.41) is 3.58. The highest BCUT2D eigenvalue weighted by molar-refractivity contribution is 5.90. The van der Waals surface area contributed by atoms with Crippen molar-refractivity contribution in [2.45, 2.75) is 33.6 Å². The molecule has 0 unspecified atom stereocenters. The molecule has 3 rings (SSSR count). The summed E-state index contributed by atoms with van der Waals surface area (Å²) in [6, 6.07) is 23.1. The zero-order chi connectivity index (χ0) is 18.5. The summed E-state index contributed by atoms with van der Waals surface area (Å²) in [5.41, 5.74) is 8.07. The van der Waals surface area contributed by atoms with Gasteiger partial charge in [-0.25, -0.2) is 0 Å². The highest BCUT2D eigenvalue weighted by atomic mass is 14.9. The maximum absolute atomic E-state index is 4.66. The SMILES string of the molecule is Cc1cccc(C)c1Nc1ccccc1C=Nc1ccc(C(C)C)cc1. The molecule has 0 radical (unpaired) electrons. The van der Waals surface area contributed by atoms with Crippen LogP contribution in [-0.4, -0.2) is 6.21 Å². The number of aliphatic imine (C=N–C) groups is 1. The second-order valence-corrected chi connectivity index (χ2v) is 6.98. The van der Waals surface area contributed by atoms with Gasteiger partial charge in [-0.2, -0.15) is 0 Å². The number of rotatable bonds is 5. The molecule has 0 aromatic heterocycles. The van der Waals surface area contributed by atoms with Crippen LogP contribution in [0.2, 0.25) is 0 Å². The van der Waals surface area contributed by atoms with Crippen LogP contribution in [0.5, 0.6) is 0 Å². The van der Waals surface area contributed by atoms with Crippen LogP contribution < -0.4 is 5.32 Å². The molecule has 2 nitrogen and oxygen atoms in total. The van der Waals surface area contributed by atoms with Crippen LogP contribution in [0, 0.1) is 13.8 Å². The molecule has 0 amide bonds. The number of hydrogen-bond acceptors (Lipinski definition) is 2. The van der Waals surface area contributed by atoms with Crippen LogP contribution in [-0.2, 0) is 0 Å². The summed E-state index contributed by atoms with van der Waals surface area (Å²) in [5.74, 6) is 0.537. The minimum Gasteiger partial charge on any atom is -0.355 e. The minimum atomic E-state index is 0.537. The first-order valence-corrected chi connectivity index (χ1v) is 9.11. The van der Waals surface area contributed by atoms with Crippen molar-refractivity contribution in [1.82, 2.24) is 0 Å². The van der Waals surface area contributed by atoms with Crippen LogP contribution >= 0.6 is 0 Å². The Hall–Kier alpha value is -2.87. The number of hydrogen-bond donors (Lipinski definition) is 1. The Morgan fingerprint density at radius 2 is 1.46 bits per heavy atom. The summed E-state index contributed by atoms with van der Waals surface area (Å²) >= 11 is 0. The van der Waals surface area contributed by atoms with E-state index >= 15 is 0 Å². The Morgan fingerprint density at radius 1 is 0.808 bits per heavy atom. The molecule has 0 fully saturated rings. The Bertz CT molecular complexity index is 885. The highest BCUT2D eigenvalue weighted by Gasteiger charge is 2.05. The van der Waals surface area contributed by atoms with Gasteiger partial charge in [-0.1, -0.05) is 62.4 Å². The van der Waals surface area contributed by atoms with Gasteiger partial charge in [0.1, 0.15) is 0 Å². The molecular weight excluding hydrogens is 316 g/mol. The summed E-state index contributed by atoms with van der Waals surface area (Å²) in [7, 11) is 0. The van der Waals surface area contributed by atoms with E-state index < -0.39 is 0 Å². The van der Waals surface area contributed by atoms with E-state index in [1.807, 2.05) is 18.3 Å². The van der Waals surface area contributed by atoms with E-state index in [9.17, 15) is 0 Å². The number of benzene rings is 3. The summed E-state index contributed by atoms with van der Waals surface area (Å²) in [6.07, 6.45) is 1.93. The van der Waals surface area contributed by atoms with E-state index in [1.54, 1.807) is 0 Å². The van der Waals surface area contributed by atoms with Crippen molar-refractivity contribution < 1.29 is 0 Å². The number of para-hydroxylation sites is 2. The summed E-state index contributed by atoms with van der Waals surface area (Å²) < 4.78 is 0. The first-order chi connectivity index (χ1) is 12.5. The lowest BCUT2D eigenvalue weighted by Gasteiger charge is -2.14. The molecule has 0 atom stereocenters. The number of nitrogens with zero attached hydrogens (tertiary/aromatic N) is 1. The lowest BCUT2D eigenvalue weighted by atomic mass is 10.0. The fraction of sp³-hybridized carbons (Fsp3) is 0.208. The quantitative estimate of drug-likeness (QED) is 0.500. The largest absolute Gasteiger partial charge is 0.355 e. The molecule has 1 N–H and O–H groups in total. The third-order valence-electron chi connectivity index (χ3n) is 4.61. The molecule has 0 spiro atoms. The molecular formula is C24H26N2. The smallest absolute Gasteiger partial charge is 0.0630 e. The standard InChI is InChI=1S/C24H26N2/c1-17(2)20-12-14-22(15-13-20)25-16-21-10-5-6-11-23(21)26-24-18(3)8-7-9-19(24)4/h5-17,26H,1-4H3. The summed E-state index contributed by atoms with van der Waals surface area (Å²) in [6.45, 7) is 8.66. The van der Waals surface area contributed by atoms with Gasteiger partial charge >= 0.3 is 0 Å². The van der Waals surface area contributed by atoms with Gasteiger partial charge in [-0.15, -0.1) is 0 Å². The van der Waals surface area contributed by atoms with Crippen molar-refractivity contribution >= 4 is 23.3 Å². The minimum absolute atomic E-state index is 0.537. The maximum Gasteiger partial charge on any atom is 0.0630 e. The summed E-state index contributed by atoms with van der Waals surface area (Å²) in [4.78, 5) is 4.66. The van der Waals surface area contributed by atoms with Crippen molar-refractivity contribution in [3.05, 3.63) is 89.0 Å². The van der Waals surface area contributed by atoms with Gasteiger partial charge in [0.05, 0.1) is 5.69 Å². The second-order valence-electron chi connectivity index (χ2n) is 6.98. The van der Waals surface area contributed by atoms with Crippen molar-refractivity contribution in [1.29, 1.82) is 0 Å². The van der Waals surface area contributed by atoms with Crippen molar-refractivity contribution in [3.8, 4) is 0 Å². The van der Waals surface area contributed by atoms with Crippen LogP contribution in [0.15, 0.2) is 71.7 Å². The van der Waals surface area contributed by atoms with E-state index in [4.69, 9.17) is 0 Å². The molecule has 0 heterocycles.